The van der Waals surface area contributed by atoms with Gasteiger partial charge in [0.1, 0.15) is 11.9 Å². The van der Waals surface area contributed by atoms with Crippen LogP contribution >= 0.6 is 23.4 Å². The van der Waals surface area contributed by atoms with Gasteiger partial charge in [-0.1, -0.05) is 85.6 Å². The first kappa shape index (κ1) is 27.8. The summed E-state index contributed by atoms with van der Waals surface area (Å²) in [6.07, 6.45) is 2.14. The molecule has 0 saturated heterocycles. The molecular weight excluding hydrogens is 495 g/mol. The van der Waals surface area contributed by atoms with Gasteiger partial charge in [0, 0.05) is 35.8 Å². The van der Waals surface area contributed by atoms with Crippen LogP contribution in [0.1, 0.15) is 36.5 Å². The summed E-state index contributed by atoms with van der Waals surface area (Å²) in [6.45, 7) is 2.60. The fourth-order valence-corrected chi connectivity index (χ4v) is 4.91. The Hall–Kier alpha value is -2.83. The average Bonchev–Trinajstić information content (AvgIpc) is 2.88. The van der Waals surface area contributed by atoms with E-state index in [1.165, 1.54) is 22.7 Å². The fourth-order valence-electron chi connectivity index (χ4n) is 3.84. The third-order valence-electron chi connectivity index (χ3n) is 5.78. The molecule has 0 saturated carbocycles. The molecule has 3 rings (SSSR count). The minimum absolute atomic E-state index is 0.0158. The highest BCUT2D eigenvalue weighted by atomic mass is 35.5. The molecule has 190 valence electrons. The SMILES string of the molecule is CCCCNC(=O)[C@H](Cc1ccccc1)N(Cc1ccccc1F)C(=O)CSCc1cccc(Cl)c1. The molecule has 0 unspecified atom stereocenters. The maximum Gasteiger partial charge on any atom is 0.243 e. The third-order valence-corrected chi connectivity index (χ3v) is 7.01. The molecule has 1 N–H and O–H groups in total. The van der Waals surface area contributed by atoms with Crippen LogP contribution in [0.2, 0.25) is 5.02 Å². The van der Waals surface area contributed by atoms with Crippen LogP contribution in [0.25, 0.3) is 0 Å². The Morgan fingerprint density at radius 1 is 1.00 bits per heavy atom. The number of hydrogen-bond donors (Lipinski definition) is 1. The number of thioether (sulfide) groups is 1. The van der Waals surface area contributed by atoms with Gasteiger partial charge in [0.15, 0.2) is 0 Å². The van der Waals surface area contributed by atoms with Crippen LogP contribution in [-0.4, -0.2) is 35.1 Å². The van der Waals surface area contributed by atoms with E-state index in [9.17, 15) is 14.0 Å². The molecule has 0 aliphatic rings. The van der Waals surface area contributed by atoms with E-state index in [1.54, 1.807) is 18.2 Å². The summed E-state index contributed by atoms with van der Waals surface area (Å²) in [5, 5.41) is 3.63. The minimum Gasteiger partial charge on any atom is -0.354 e. The number of halogens is 2. The molecule has 4 nitrogen and oxygen atoms in total. The molecule has 0 aliphatic heterocycles. The smallest absolute Gasteiger partial charge is 0.243 e. The molecule has 0 aromatic heterocycles. The Morgan fingerprint density at radius 3 is 2.44 bits per heavy atom. The Kier molecular flexibility index (Phi) is 11.3. The summed E-state index contributed by atoms with van der Waals surface area (Å²) in [4.78, 5) is 28.4. The number of nitrogens with zero attached hydrogens (tertiary/aromatic N) is 1. The van der Waals surface area contributed by atoms with Crippen LogP contribution in [0, 0.1) is 5.82 Å². The first-order chi connectivity index (χ1) is 17.5. The van der Waals surface area contributed by atoms with E-state index in [4.69, 9.17) is 11.6 Å². The summed E-state index contributed by atoms with van der Waals surface area (Å²) in [5.74, 6) is -0.0687. The zero-order valence-corrected chi connectivity index (χ0v) is 22.0. The van der Waals surface area contributed by atoms with Crippen LogP contribution in [0.3, 0.4) is 0 Å². The van der Waals surface area contributed by atoms with Crippen LogP contribution in [0.5, 0.6) is 0 Å². The van der Waals surface area contributed by atoms with Gasteiger partial charge in [-0.05, 0) is 35.7 Å². The van der Waals surface area contributed by atoms with Crippen LogP contribution in [0.15, 0.2) is 78.9 Å². The van der Waals surface area contributed by atoms with Gasteiger partial charge in [-0.2, -0.15) is 0 Å². The number of nitrogens with one attached hydrogen (secondary N) is 1. The average molecular weight is 527 g/mol. The van der Waals surface area contributed by atoms with E-state index < -0.39 is 11.9 Å². The van der Waals surface area contributed by atoms with Crippen molar-refractivity contribution in [2.45, 2.75) is 44.5 Å². The molecule has 0 bridgehead atoms. The van der Waals surface area contributed by atoms with Gasteiger partial charge in [-0.25, -0.2) is 4.39 Å². The monoisotopic (exact) mass is 526 g/mol. The zero-order chi connectivity index (χ0) is 25.8. The van der Waals surface area contributed by atoms with Gasteiger partial charge < -0.3 is 10.2 Å². The molecule has 2 amide bonds. The summed E-state index contributed by atoms with van der Waals surface area (Å²) >= 11 is 7.53. The lowest BCUT2D eigenvalue weighted by atomic mass is 10.0. The lowest BCUT2D eigenvalue weighted by molar-refractivity contribution is -0.139. The summed E-state index contributed by atoms with van der Waals surface area (Å²) in [7, 11) is 0. The van der Waals surface area contributed by atoms with Crippen LogP contribution < -0.4 is 5.32 Å². The van der Waals surface area contributed by atoms with E-state index in [0.717, 1.165) is 24.0 Å². The molecule has 0 fully saturated rings. The summed E-state index contributed by atoms with van der Waals surface area (Å²) in [6, 6.07) is 22.7. The van der Waals surface area contributed by atoms with Crippen LogP contribution in [-0.2, 0) is 28.3 Å². The maximum absolute atomic E-state index is 14.6. The molecule has 7 heteroatoms. The second kappa shape index (κ2) is 14.7. The van der Waals surface area contributed by atoms with E-state index >= 15 is 0 Å². The van der Waals surface area contributed by atoms with Gasteiger partial charge in [-0.3, -0.25) is 9.59 Å². The maximum atomic E-state index is 14.6. The third kappa shape index (κ3) is 8.68. The largest absolute Gasteiger partial charge is 0.354 e. The lowest BCUT2D eigenvalue weighted by Crippen LogP contribution is -2.51. The van der Waals surface area contributed by atoms with Crippen molar-refractivity contribution in [2.75, 3.05) is 12.3 Å². The Labute approximate surface area is 222 Å². The highest BCUT2D eigenvalue weighted by Crippen LogP contribution is 2.21. The number of benzene rings is 3. The second-order valence-electron chi connectivity index (χ2n) is 8.59. The van der Waals surface area contributed by atoms with Crippen molar-refractivity contribution in [3.05, 3.63) is 106 Å². The normalized spacial score (nSPS) is 11.6. The predicted octanol–water partition coefficient (Wildman–Crippen LogP) is 6.27. The molecule has 0 heterocycles. The lowest BCUT2D eigenvalue weighted by Gasteiger charge is -2.31. The van der Waals surface area contributed by atoms with Crippen molar-refractivity contribution in [2.24, 2.45) is 0 Å². The van der Waals surface area contributed by atoms with Crippen molar-refractivity contribution in [3.8, 4) is 0 Å². The van der Waals surface area contributed by atoms with Gasteiger partial charge >= 0.3 is 0 Å². The first-order valence-electron chi connectivity index (χ1n) is 12.1. The van der Waals surface area contributed by atoms with Crippen molar-refractivity contribution in [1.29, 1.82) is 0 Å². The standard InChI is InChI=1S/C29H32ClFN2O2S/c1-2-3-16-32-29(35)27(18-22-10-5-4-6-11-22)33(19-24-13-7-8-15-26(24)31)28(34)21-36-20-23-12-9-14-25(30)17-23/h4-15,17,27H,2-3,16,18-21H2,1H3,(H,32,35)/t27-/m0/s1. The quantitative estimate of drug-likeness (QED) is 0.267. The number of carbonyl (C=O) groups excluding carboxylic acids is 2. The van der Waals surface area contributed by atoms with Crippen molar-refractivity contribution < 1.29 is 14.0 Å². The molecule has 0 spiro atoms. The topological polar surface area (TPSA) is 49.4 Å². The molecule has 3 aromatic carbocycles. The van der Waals surface area contributed by atoms with E-state index in [-0.39, 0.29) is 24.1 Å². The summed E-state index contributed by atoms with van der Waals surface area (Å²) in [5.41, 5.74) is 2.33. The molecule has 1 atom stereocenters. The second-order valence-corrected chi connectivity index (χ2v) is 10.0. The van der Waals surface area contributed by atoms with Gasteiger partial charge in [0.25, 0.3) is 0 Å². The van der Waals surface area contributed by atoms with Gasteiger partial charge in [0.05, 0.1) is 5.75 Å². The fraction of sp³-hybridized carbons (Fsp3) is 0.310. The van der Waals surface area contributed by atoms with Crippen molar-refractivity contribution in [3.63, 3.8) is 0 Å². The van der Waals surface area contributed by atoms with E-state index in [1.807, 2.05) is 54.6 Å². The number of hydrogen-bond acceptors (Lipinski definition) is 3. The Bertz CT molecular complexity index is 1130. The number of rotatable bonds is 13. The predicted molar refractivity (Wildman–Crippen MR) is 146 cm³/mol. The van der Waals surface area contributed by atoms with Crippen LogP contribution in [0.4, 0.5) is 4.39 Å². The van der Waals surface area contributed by atoms with E-state index in [0.29, 0.717) is 29.3 Å². The highest BCUT2D eigenvalue weighted by Gasteiger charge is 2.30. The molecular formula is C29H32ClFN2O2S. The van der Waals surface area contributed by atoms with Gasteiger partial charge in [-0.15, -0.1) is 11.8 Å². The van der Waals surface area contributed by atoms with Crippen molar-refractivity contribution in [1.82, 2.24) is 10.2 Å². The first-order valence-corrected chi connectivity index (χ1v) is 13.7. The number of unbranched alkanes of at least 4 members (excludes halogenated alkanes) is 1. The van der Waals surface area contributed by atoms with Crippen molar-refractivity contribution >= 4 is 35.2 Å². The van der Waals surface area contributed by atoms with E-state index in [2.05, 4.69) is 12.2 Å². The minimum atomic E-state index is -0.761. The number of amides is 2. The Balaban J connectivity index is 1.84. The molecule has 36 heavy (non-hydrogen) atoms. The zero-order valence-electron chi connectivity index (χ0n) is 20.5. The molecule has 3 aromatic rings. The number of carbonyl (C=O) groups is 2. The summed E-state index contributed by atoms with van der Waals surface area (Å²) < 4.78 is 14.6. The molecule has 0 radical (unpaired) electrons. The highest BCUT2D eigenvalue weighted by molar-refractivity contribution is 7.99. The Morgan fingerprint density at radius 2 is 1.72 bits per heavy atom. The van der Waals surface area contributed by atoms with Gasteiger partial charge in [0.2, 0.25) is 11.8 Å². The molecule has 0 aliphatic carbocycles.